The van der Waals surface area contributed by atoms with Crippen molar-refractivity contribution in [2.45, 2.75) is 251 Å². The van der Waals surface area contributed by atoms with Crippen molar-refractivity contribution in [2.24, 2.45) is 0 Å². The first-order chi connectivity index (χ1) is 28.7. The van der Waals surface area contributed by atoms with Crippen LogP contribution in [0.25, 0.3) is 0 Å². The van der Waals surface area contributed by atoms with E-state index in [0.29, 0.717) is 13.0 Å². The molecule has 0 aliphatic carbocycles. The Morgan fingerprint density at radius 2 is 0.847 bits per heavy atom. The van der Waals surface area contributed by atoms with Crippen molar-refractivity contribution < 1.29 is 47.5 Å². The molecule has 0 fully saturated rings. The van der Waals surface area contributed by atoms with Crippen LogP contribution in [0.3, 0.4) is 0 Å². The predicted octanol–water partition coefficient (Wildman–Crippen LogP) is 13.3. The lowest BCUT2D eigenvalue weighted by molar-refractivity contribution is -0.161. The van der Waals surface area contributed by atoms with E-state index in [2.05, 4.69) is 19.2 Å². The smallest absolute Gasteiger partial charge is 0.472 e. The first kappa shape index (κ1) is 57.5. The SMILES string of the molecule is CCCCCCCCCCCCCCCC(=O)OCC(COP(=O)(O)OCCNCCCCCCCCCC(=O)O)OC(=O)CCCCCCCCCCCCCCC. The van der Waals surface area contributed by atoms with Gasteiger partial charge in [0.25, 0.3) is 0 Å². The van der Waals surface area contributed by atoms with Gasteiger partial charge in [0.05, 0.1) is 13.2 Å². The minimum Gasteiger partial charge on any atom is -0.481 e. The summed E-state index contributed by atoms with van der Waals surface area (Å²) in [6.45, 7) is 4.92. The van der Waals surface area contributed by atoms with Crippen molar-refractivity contribution >= 4 is 25.7 Å². The molecule has 2 unspecified atom stereocenters. The van der Waals surface area contributed by atoms with Crippen LogP contribution in [-0.4, -0.2) is 66.9 Å². The number of carbonyl (C=O) groups is 3. The van der Waals surface area contributed by atoms with Gasteiger partial charge < -0.3 is 24.8 Å². The second-order valence-corrected chi connectivity index (χ2v) is 18.2. The number of phosphoric ester groups is 1. The average Bonchev–Trinajstić information content (AvgIpc) is 3.21. The molecule has 0 saturated heterocycles. The maximum atomic E-state index is 12.7. The maximum Gasteiger partial charge on any atom is 0.472 e. The number of nitrogens with one attached hydrogen (secondary N) is 1. The zero-order valence-corrected chi connectivity index (χ0v) is 39.1. The third-order valence-electron chi connectivity index (χ3n) is 10.9. The molecule has 0 rings (SSSR count). The molecule has 0 aliphatic rings. The molecule has 0 radical (unpaired) electrons. The lowest BCUT2D eigenvalue weighted by atomic mass is 10.0. The Morgan fingerprint density at radius 3 is 1.27 bits per heavy atom. The largest absolute Gasteiger partial charge is 0.481 e. The Labute approximate surface area is 361 Å². The Morgan fingerprint density at radius 1 is 0.475 bits per heavy atom. The van der Waals surface area contributed by atoms with Crippen LogP contribution < -0.4 is 5.32 Å². The number of carbonyl (C=O) groups excluding carboxylic acids is 2. The zero-order chi connectivity index (χ0) is 43.3. The number of carboxylic acid groups (broad SMARTS) is 1. The highest BCUT2D eigenvalue weighted by molar-refractivity contribution is 7.47. The van der Waals surface area contributed by atoms with E-state index in [4.69, 9.17) is 23.6 Å². The Balaban J connectivity index is 4.44. The molecule has 0 aliphatic heterocycles. The van der Waals surface area contributed by atoms with Crippen molar-refractivity contribution in [3.05, 3.63) is 0 Å². The molecule has 59 heavy (non-hydrogen) atoms. The van der Waals surface area contributed by atoms with E-state index >= 15 is 0 Å². The summed E-state index contributed by atoms with van der Waals surface area (Å²) < 4.78 is 34.0. The lowest BCUT2D eigenvalue weighted by Crippen LogP contribution is -2.29. The van der Waals surface area contributed by atoms with E-state index in [1.165, 1.54) is 122 Å². The van der Waals surface area contributed by atoms with Crippen LogP contribution in [0.4, 0.5) is 0 Å². The highest BCUT2D eigenvalue weighted by atomic mass is 31.2. The number of esters is 2. The Kier molecular flexibility index (Phi) is 43.4. The van der Waals surface area contributed by atoms with Gasteiger partial charge in [-0.05, 0) is 32.2 Å². The number of phosphoric acid groups is 1. The number of rotatable bonds is 48. The van der Waals surface area contributed by atoms with E-state index in [9.17, 15) is 23.8 Å². The average molecular weight is 862 g/mol. The molecule has 11 nitrogen and oxygen atoms in total. The minimum absolute atomic E-state index is 0.0328. The van der Waals surface area contributed by atoms with E-state index in [-0.39, 0.29) is 38.4 Å². The van der Waals surface area contributed by atoms with Crippen LogP contribution in [0.15, 0.2) is 0 Å². The molecular formula is C47H92NO10P. The molecule has 0 amide bonds. The molecule has 2 atom stereocenters. The fourth-order valence-electron chi connectivity index (χ4n) is 7.18. The summed E-state index contributed by atoms with van der Waals surface area (Å²) in [5.74, 6) is -1.56. The highest BCUT2D eigenvalue weighted by Crippen LogP contribution is 2.43. The van der Waals surface area contributed by atoms with Crippen molar-refractivity contribution in [2.75, 3.05) is 32.9 Å². The monoisotopic (exact) mass is 862 g/mol. The van der Waals surface area contributed by atoms with Crippen LogP contribution in [-0.2, 0) is 37.5 Å². The standard InChI is InChI=1S/C47H92NO10P/c1-3-5-7-9-11-13-15-17-19-21-25-29-33-37-46(51)55-42-44(58-47(52)38-34-30-26-22-20-18-16-14-12-10-8-6-4-2)43-57-59(53,54)56-41-40-48-39-35-31-27-23-24-28-32-36-45(49)50/h44,48H,3-43H2,1-2H3,(H,49,50)(H,53,54). The van der Waals surface area contributed by atoms with Crippen LogP contribution in [0.1, 0.15) is 245 Å². The summed E-state index contributed by atoms with van der Waals surface area (Å²) in [4.78, 5) is 46.2. The van der Waals surface area contributed by atoms with Gasteiger partial charge in [-0.3, -0.25) is 23.4 Å². The van der Waals surface area contributed by atoms with Crippen LogP contribution >= 0.6 is 7.82 Å². The van der Waals surface area contributed by atoms with E-state index in [1.54, 1.807) is 0 Å². The highest BCUT2D eigenvalue weighted by Gasteiger charge is 2.26. The number of hydrogen-bond acceptors (Lipinski definition) is 9. The van der Waals surface area contributed by atoms with Gasteiger partial charge in [0.2, 0.25) is 0 Å². The summed E-state index contributed by atoms with van der Waals surface area (Å²) in [6.07, 6.45) is 38.2. The Hall–Kier alpha value is -1.52. The number of unbranched alkanes of at least 4 members (excludes halogenated alkanes) is 30. The van der Waals surface area contributed by atoms with E-state index in [0.717, 1.165) is 90.0 Å². The first-order valence-corrected chi connectivity index (χ1v) is 26.1. The van der Waals surface area contributed by atoms with E-state index in [1.807, 2.05) is 0 Å². The molecule has 0 aromatic carbocycles. The van der Waals surface area contributed by atoms with Crippen LogP contribution in [0.5, 0.6) is 0 Å². The fraction of sp³-hybridized carbons (Fsp3) is 0.936. The fourth-order valence-corrected chi connectivity index (χ4v) is 7.93. The van der Waals surface area contributed by atoms with Gasteiger partial charge >= 0.3 is 25.7 Å². The second kappa shape index (κ2) is 44.5. The summed E-state index contributed by atoms with van der Waals surface area (Å²) in [5.41, 5.74) is 0. The summed E-state index contributed by atoms with van der Waals surface area (Å²) in [6, 6.07) is 0. The van der Waals surface area contributed by atoms with Crippen molar-refractivity contribution in [1.29, 1.82) is 0 Å². The number of hydrogen-bond donors (Lipinski definition) is 3. The maximum absolute atomic E-state index is 12.7. The first-order valence-electron chi connectivity index (χ1n) is 24.6. The number of aliphatic carboxylic acids is 1. The van der Waals surface area contributed by atoms with Crippen LogP contribution in [0.2, 0.25) is 0 Å². The van der Waals surface area contributed by atoms with Gasteiger partial charge in [0.15, 0.2) is 6.10 Å². The predicted molar refractivity (Wildman–Crippen MR) is 241 cm³/mol. The molecule has 12 heteroatoms. The van der Waals surface area contributed by atoms with Crippen LogP contribution in [0, 0.1) is 0 Å². The van der Waals surface area contributed by atoms with Gasteiger partial charge in [-0.15, -0.1) is 0 Å². The second-order valence-electron chi connectivity index (χ2n) is 16.7. The lowest BCUT2D eigenvalue weighted by Gasteiger charge is -2.20. The summed E-state index contributed by atoms with van der Waals surface area (Å²) >= 11 is 0. The minimum atomic E-state index is -4.43. The third kappa shape index (κ3) is 45.8. The van der Waals surface area contributed by atoms with Gasteiger partial charge in [-0.2, -0.15) is 0 Å². The van der Waals surface area contributed by atoms with Gasteiger partial charge in [0.1, 0.15) is 6.61 Å². The molecule has 3 N–H and O–H groups in total. The Bertz CT molecular complexity index is 1000. The topological polar surface area (TPSA) is 158 Å². The summed E-state index contributed by atoms with van der Waals surface area (Å²) in [7, 11) is -4.43. The van der Waals surface area contributed by atoms with Gasteiger partial charge in [-0.25, -0.2) is 4.57 Å². The third-order valence-corrected chi connectivity index (χ3v) is 11.9. The molecule has 0 heterocycles. The zero-order valence-electron chi connectivity index (χ0n) is 38.2. The van der Waals surface area contributed by atoms with E-state index < -0.39 is 32.5 Å². The van der Waals surface area contributed by atoms with Crippen molar-refractivity contribution in [3.8, 4) is 0 Å². The molecule has 350 valence electrons. The van der Waals surface area contributed by atoms with Gasteiger partial charge in [-0.1, -0.05) is 200 Å². The molecular weight excluding hydrogens is 769 g/mol. The number of carboxylic acids is 1. The molecule has 0 saturated carbocycles. The number of ether oxygens (including phenoxy) is 2. The quantitative estimate of drug-likeness (QED) is 0.0304. The molecule has 0 spiro atoms. The molecule has 0 bridgehead atoms. The van der Waals surface area contributed by atoms with Crippen molar-refractivity contribution in [3.63, 3.8) is 0 Å². The van der Waals surface area contributed by atoms with Crippen molar-refractivity contribution in [1.82, 2.24) is 5.32 Å². The molecule has 0 aromatic rings. The summed E-state index contributed by atoms with van der Waals surface area (Å²) in [5, 5.41) is 11.9. The van der Waals surface area contributed by atoms with Gasteiger partial charge in [0, 0.05) is 25.8 Å². The molecule has 0 aromatic heterocycles. The normalized spacial score (nSPS) is 13.0.